The van der Waals surface area contributed by atoms with Gasteiger partial charge in [0.1, 0.15) is 29.1 Å². The SMILES string of the molecule is COc1cc(F)c([C@@H]2CN(c3cc(C(F)(F)F)cn(C)c3=O)C(=O)[C@H]2NC(=O)c2ccc(Cl)cc2)c(F)c1. The number of aromatic nitrogens is 1. The van der Waals surface area contributed by atoms with Crippen LogP contribution < -0.4 is 20.5 Å². The highest BCUT2D eigenvalue weighted by molar-refractivity contribution is 6.30. The van der Waals surface area contributed by atoms with Crippen LogP contribution >= 0.6 is 11.6 Å². The molecule has 2 amide bonds. The van der Waals surface area contributed by atoms with Crippen LogP contribution in [0.1, 0.15) is 27.4 Å². The van der Waals surface area contributed by atoms with Gasteiger partial charge >= 0.3 is 6.18 Å². The van der Waals surface area contributed by atoms with Gasteiger partial charge in [-0.15, -0.1) is 0 Å². The summed E-state index contributed by atoms with van der Waals surface area (Å²) in [5.41, 5.74) is -3.37. The number of hydrogen-bond donors (Lipinski definition) is 1. The summed E-state index contributed by atoms with van der Waals surface area (Å²) in [6, 6.07) is 6.11. The molecule has 1 aliphatic heterocycles. The minimum Gasteiger partial charge on any atom is -0.497 e. The lowest BCUT2D eigenvalue weighted by Gasteiger charge is -2.20. The van der Waals surface area contributed by atoms with E-state index >= 15 is 8.78 Å². The van der Waals surface area contributed by atoms with E-state index in [1.807, 2.05) is 0 Å². The lowest BCUT2D eigenvalue weighted by Crippen LogP contribution is -2.44. The van der Waals surface area contributed by atoms with Gasteiger partial charge in [0.2, 0.25) is 5.91 Å². The number of pyridine rings is 1. The summed E-state index contributed by atoms with van der Waals surface area (Å²) in [7, 11) is 2.26. The molecular weight excluding hydrogens is 537 g/mol. The number of methoxy groups -OCH3 is 1. The highest BCUT2D eigenvalue weighted by atomic mass is 35.5. The van der Waals surface area contributed by atoms with Gasteiger partial charge in [0, 0.05) is 54.0 Å². The zero-order chi connectivity index (χ0) is 27.9. The number of halogens is 6. The highest BCUT2D eigenvalue weighted by Crippen LogP contribution is 2.37. The van der Waals surface area contributed by atoms with E-state index in [9.17, 15) is 27.6 Å². The first-order valence-corrected chi connectivity index (χ1v) is 11.4. The predicted molar refractivity (Wildman–Crippen MR) is 127 cm³/mol. The van der Waals surface area contributed by atoms with Crippen molar-refractivity contribution in [3.05, 3.63) is 92.4 Å². The molecule has 1 aromatic heterocycles. The molecule has 7 nitrogen and oxygen atoms in total. The van der Waals surface area contributed by atoms with Gasteiger partial charge < -0.3 is 19.5 Å². The van der Waals surface area contributed by atoms with E-state index in [2.05, 4.69) is 5.32 Å². The Balaban J connectivity index is 1.82. The van der Waals surface area contributed by atoms with Crippen molar-refractivity contribution in [2.45, 2.75) is 18.1 Å². The first-order valence-electron chi connectivity index (χ1n) is 11.0. The van der Waals surface area contributed by atoms with E-state index in [1.54, 1.807) is 0 Å². The quantitative estimate of drug-likeness (QED) is 0.477. The van der Waals surface area contributed by atoms with Crippen molar-refractivity contribution in [1.29, 1.82) is 0 Å². The molecule has 0 saturated carbocycles. The molecule has 3 aromatic rings. The van der Waals surface area contributed by atoms with Crippen LogP contribution in [-0.4, -0.2) is 36.1 Å². The lowest BCUT2D eigenvalue weighted by molar-refractivity contribution is -0.138. The maximum Gasteiger partial charge on any atom is 0.417 e. The van der Waals surface area contributed by atoms with Crippen molar-refractivity contribution >= 4 is 29.1 Å². The summed E-state index contributed by atoms with van der Waals surface area (Å²) in [4.78, 5) is 39.8. The largest absolute Gasteiger partial charge is 0.497 e. The van der Waals surface area contributed by atoms with E-state index in [4.69, 9.17) is 16.3 Å². The molecule has 2 atom stereocenters. The van der Waals surface area contributed by atoms with Crippen LogP contribution in [0.2, 0.25) is 5.02 Å². The van der Waals surface area contributed by atoms with Crippen molar-refractivity contribution < 1.29 is 36.3 Å². The third-order valence-electron chi connectivity index (χ3n) is 6.15. The molecule has 0 bridgehead atoms. The Hall–Kier alpha value is -3.93. The van der Waals surface area contributed by atoms with Crippen LogP contribution in [0.25, 0.3) is 0 Å². The number of rotatable bonds is 5. The summed E-state index contributed by atoms with van der Waals surface area (Å²) in [6.07, 6.45) is -4.29. The zero-order valence-electron chi connectivity index (χ0n) is 19.8. The van der Waals surface area contributed by atoms with Crippen LogP contribution in [0, 0.1) is 11.6 Å². The number of carbonyl (C=O) groups is 2. The molecule has 4 rings (SSSR count). The van der Waals surface area contributed by atoms with Gasteiger partial charge in [-0.25, -0.2) is 8.78 Å². The number of amides is 2. The Bertz CT molecular complexity index is 1450. The number of carbonyl (C=O) groups excluding carboxylic acids is 2. The Kier molecular flexibility index (Phi) is 7.20. The number of hydrogen-bond acceptors (Lipinski definition) is 4. The molecule has 1 N–H and O–H groups in total. The van der Waals surface area contributed by atoms with Gasteiger partial charge in [0.15, 0.2) is 0 Å². The van der Waals surface area contributed by atoms with Gasteiger partial charge in [0.05, 0.1) is 12.7 Å². The number of aryl methyl sites for hydroxylation is 1. The molecule has 0 spiro atoms. The summed E-state index contributed by atoms with van der Waals surface area (Å²) in [5.74, 6) is -5.61. The summed E-state index contributed by atoms with van der Waals surface area (Å²) in [5, 5.41) is 2.73. The lowest BCUT2D eigenvalue weighted by atomic mass is 9.92. The average molecular weight is 556 g/mol. The first kappa shape index (κ1) is 27.1. The maximum atomic E-state index is 15.1. The van der Waals surface area contributed by atoms with Gasteiger partial charge in [-0.3, -0.25) is 14.4 Å². The molecule has 1 fully saturated rings. The van der Waals surface area contributed by atoms with Crippen molar-refractivity contribution in [3.63, 3.8) is 0 Å². The van der Waals surface area contributed by atoms with Crippen molar-refractivity contribution in [2.24, 2.45) is 7.05 Å². The first-order chi connectivity index (χ1) is 17.8. The van der Waals surface area contributed by atoms with E-state index in [0.717, 1.165) is 19.2 Å². The predicted octanol–water partition coefficient (Wildman–Crippen LogP) is 4.27. The number of nitrogens with one attached hydrogen (secondary N) is 1. The minimum absolute atomic E-state index is 0.0602. The van der Waals surface area contributed by atoms with Gasteiger partial charge in [0.25, 0.3) is 11.5 Å². The molecule has 0 aliphatic carbocycles. The topological polar surface area (TPSA) is 80.6 Å². The number of anilines is 1. The normalized spacial score (nSPS) is 17.6. The van der Waals surface area contributed by atoms with Gasteiger partial charge in [-0.1, -0.05) is 11.6 Å². The smallest absolute Gasteiger partial charge is 0.417 e. The maximum absolute atomic E-state index is 15.1. The Labute approximate surface area is 217 Å². The van der Waals surface area contributed by atoms with Crippen LogP contribution in [-0.2, 0) is 18.0 Å². The molecule has 0 radical (unpaired) electrons. The fourth-order valence-electron chi connectivity index (χ4n) is 4.27. The van der Waals surface area contributed by atoms with Gasteiger partial charge in [-0.05, 0) is 30.3 Å². The molecule has 1 aliphatic rings. The minimum atomic E-state index is -4.85. The van der Waals surface area contributed by atoms with Gasteiger partial charge in [-0.2, -0.15) is 13.2 Å². The molecular formula is C25H19ClF5N3O4. The Morgan fingerprint density at radius 2 is 1.68 bits per heavy atom. The molecule has 0 unspecified atom stereocenters. The second kappa shape index (κ2) is 10.1. The number of nitrogens with zero attached hydrogens (tertiary/aromatic N) is 2. The molecule has 13 heteroatoms. The molecule has 2 aromatic carbocycles. The van der Waals surface area contributed by atoms with E-state index < -0.39 is 70.5 Å². The summed E-state index contributed by atoms with van der Waals surface area (Å²) >= 11 is 5.83. The summed E-state index contributed by atoms with van der Waals surface area (Å²) < 4.78 is 76.0. The Morgan fingerprint density at radius 1 is 1.08 bits per heavy atom. The monoisotopic (exact) mass is 555 g/mol. The summed E-state index contributed by atoms with van der Waals surface area (Å²) in [6.45, 7) is -0.596. The molecule has 1 saturated heterocycles. The third kappa shape index (κ3) is 5.08. The fraction of sp³-hybridized carbons (Fsp3) is 0.240. The second-order valence-corrected chi connectivity index (χ2v) is 8.98. The van der Waals surface area contributed by atoms with Crippen LogP contribution in [0.15, 0.2) is 53.5 Å². The van der Waals surface area contributed by atoms with Crippen LogP contribution in [0.4, 0.5) is 27.6 Å². The van der Waals surface area contributed by atoms with E-state index in [1.165, 1.54) is 31.4 Å². The Morgan fingerprint density at radius 3 is 2.24 bits per heavy atom. The standard InChI is InChI=1S/C25H19ClF5N3O4/c1-33-10-13(25(29,30)31)7-19(23(33)36)34-11-16(20-17(27)8-15(38-2)9-18(20)28)21(24(34)37)32-22(35)12-3-5-14(26)6-4-12/h3-10,16,21H,11H2,1-2H3,(H,32,35)/t16-,21-/m0/s1. The van der Waals surface area contributed by atoms with Crippen molar-refractivity contribution in [1.82, 2.24) is 9.88 Å². The fourth-order valence-corrected chi connectivity index (χ4v) is 4.40. The second-order valence-electron chi connectivity index (χ2n) is 8.55. The molecule has 200 valence electrons. The van der Waals surface area contributed by atoms with Crippen LogP contribution in [0.3, 0.4) is 0 Å². The zero-order valence-corrected chi connectivity index (χ0v) is 20.5. The highest BCUT2D eigenvalue weighted by Gasteiger charge is 2.46. The van der Waals surface area contributed by atoms with E-state index in [-0.39, 0.29) is 11.3 Å². The number of benzene rings is 2. The number of ether oxygens (including phenoxy) is 1. The third-order valence-corrected chi connectivity index (χ3v) is 6.40. The molecule has 2 heterocycles. The van der Waals surface area contributed by atoms with Crippen molar-refractivity contribution in [2.75, 3.05) is 18.6 Å². The van der Waals surface area contributed by atoms with Crippen LogP contribution in [0.5, 0.6) is 5.75 Å². The average Bonchev–Trinajstić information content (AvgIpc) is 3.15. The van der Waals surface area contributed by atoms with E-state index in [0.29, 0.717) is 26.8 Å². The number of alkyl halides is 3. The van der Waals surface area contributed by atoms with Crippen molar-refractivity contribution in [3.8, 4) is 5.75 Å². The molecule has 38 heavy (non-hydrogen) atoms.